The standard InChI is InChI=1S/C12H23NO3/c1-11(2,3)9-13(4,16)12(10(14)15)7-5-6-8-12/h5-9H2,1-4H3,(H,14,15). The molecule has 16 heavy (non-hydrogen) atoms. The van der Waals surface area contributed by atoms with Gasteiger partial charge in [-0.25, -0.2) is 4.79 Å². The predicted octanol–water partition coefficient (Wildman–Crippen LogP) is 2.37. The van der Waals surface area contributed by atoms with Crippen LogP contribution >= 0.6 is 0 Å². The smallest absolute Gasteiger partial charge is 0.366 e. The maximum atomic E-state index is 12.6. The second-order valence-corrected chi connectivity index (χ2v) is 6.36. The number of likely N-dealkylation sites (N-methyl/N-ethyl adjacent to an activating group) is 1. The third kappa shape index (κ3) is 2.38. The first-order chi connectivity index (χ1) is 7.11. The van der Waals surface area contributed by atoms with Crippen LogP contribution in [0.3, 0.4) is 0 Å². The van der Waals surface area contributed by atoms with Crippen molar-refractivity contribution in [3.63, 3.8) is 0 Å². The van der Waals surface area contributed by atoms with Crippen LogP contribution in [0.2, 0.25) is 0 Å². The van der Waals surface area contributed by atoms with Gasteiger partial charge >= 0.3 is 5.97 Å². The van der Waals surface area contributed by atoms with Gasteiger partial charge in [-0.2, -0.15) is 0 Å². The summed E-state index contributed by atoms with van der Waals surface area (Å²) in [6, 6.07) is 0. The second-order valence-electron chi connectivity index (χ2n) is 6.36. The monoisotopic (exact) mass is 229 g/mol. The van der Waals surface area contributed by atoms with Crippen molar-refractivity contribution in [2.24, 2.45) is 5.41 Å². The highest BCUT2D eigenvalue weighted by Gasteiger charge is 2.53. The van der Waals surface area contributed by atoms with E-state index in [9.17, 15) is 15.1 Å². The Kier molecular flexibility index (Phi) is 3.37. The third-order valence-corrected chi connectivity index (χ3v) is 3.51. The van der Waals surface area contributed by atoms with Crippen LogP contribution in [0.4, 0.5) is 0 Å². The van der Waals surface area contributed by atoms with Crippen LogP contribution in [0, 0.1) is 10.6 Å². The molecule has 0 aromatic carbocycles. The van der Waals surface area contributed by atoms with Crippen LogP contribution in [0.5, 0.6) is 0 Å². The first kappa shape index (κ1) is 13.5. The SMILES string of the molecule is CC(C)(C)C[N+](C)([O-])C1(C(=O)O)CCCC1. The van der Waals surface area contributed by atoms with E-state index in [1.54, 1.807) is 0 Å². The average molecular weight is 229 g/mol. The summed E-state index contributed by atoms with van der Waals surface area (Å²) in [6.07, 6.45) is 2.73. The first-order valence-corrected chi connectivity index (χ1v) is 5.91. The molecule has 94 valence electrons. The van der Waals surface area contributed by atoms with E-state index in [0.717, 1.165) is 12.8 Å². The van der Waals surface area contributed by atoms with Crippen LogP contribution in [-0.4, -0.2) is 34.9 Å². The molecule has 4 nitrogen and oxygen atoms in total. The minimum absolute atomic E-state index is 0.151. The van der Waals surface area contributed by atoms with Gasteiger partial charge in [0.2, 0.25) is 0 Å². The van der Waals surface area contributed by atoms with Gasteiger partial charge < -0.3 is 15.0 Å². The summed E-state index contributed by atoms with van der Waals surface area (Å²) in [7, 11) is 1.52. The Labute approximate surface area is 97.4 Å². The lowest BCUT2D eigenvalue weighted by Crippen LogP contribution is -2.63. The number of carbonyl (C=O) groups is 1. The Morgan fingerprint density at radius 2 is 1.81 bits per heavy atom. The molecular weight excluding hydrogens is 206 g/mol. The van der Waals surface area contributed by atoms with Gasteiger partial charge in [0, 0.05) is 18.3 Å². The van der Waals surface area contributed by atoms with E-state index in [0.29, 0.717) is 19.4 Å². The van der Waals surface area contributed by atoms with Gasteiger partial charge in [0.05, 0.1) is 13.6 Å². The summed E-state index contributed by atoms with van der Waals surface area (Å²) >= 11 is 0. The summed E-state index contributed by atoms with van der Waals surface area (Å²) < 4.78 is -0.647. The first-order valence-electron chi connectivity index (χ1n) is 5.91. The fraction of sp³-hybridized carbons (Fsp3) is 0.917. The fourth-order valence-corrected chi connectivity index (χ4v) is 2.91. The molecule has 0 saturated heterocycles. The molecule has 0 aromatic heterocycles. The molecular formula is C12H23NO3. The molecule has 4 heteroatoms. The van der Waals surface area contributed by atoms with Crippen LogP contribution < -0.4 is 0 Å². The Morgan fingerprint density at radius 3 is 2.12 bits per heavy atom. The minimum Gasteiger partial charge on any atom is -0.632 e. The zero-order chi connectivity index (χ0) is 12.6. The lowest BCUT2D eigenvalue weighted by atomic mass is 9.89. The molecule has 0 aliphatic heterocycles. The molecule has 1 aliphatic rings. The maximum absolute atomic E-state index is 12.6. The number of hydroxylamine groups is 3. The van der Waals surface area contributed by atoms with E-state index in [4.69, 9.17) is 0 Å². The molecule has 1 saturated carbocycles. The van der Waals surface area contributed by atoms with E-state index >= 15 is 0 Å². The van der Waals surface area contributed by atoms with Crippen LogP contribution in [0.25, 0.3) is 0 Å². The van der Waals surface area contributed by atoms with Gasteiger partial charge in [-0.05, 0) is 12.8 Å². The summed E-state index contributed by atoms with van der Waals surface area (Å²) in [5, 5.41) is 22.0. The molecule has 0 radical (unpaired) electrons. The topological polar surface area (TPSA) is 60.4 Å². The summed E-state index contributed by atoms with van der Waals surface area (Å²) in [4.78, 5) is 11.4. The largest absolute Gasteiger partial charge is 0.632 e. The third-order valence-electron chi connectivity index (χ3n) is 3.51. The summed E-state index contributed by atoms with van der Waals surface area (Å²) in [5.74, 6) is -0.924. The lowest BCUT2D eigenvalue weighted by Gasteiger charge is -2.53. The van der Waals surface area contributed by atoms with Gasteiger partial charge in [0.15, 0.2) is 5.54 Å². The van der Waals surface area contributed by atoms with E-state index in [1.807, 2.05) is 20.8 Å². The molecule has 1 N–H and O–H groups in total. The van der Waals surface area contributed by atoms with Crippen molar-refractivity contribution in [1.82, 2.24) is 0 Å². The second kappa shape index (κ2) is 4.00. The Balaban J connectivity index is 2.98. The van der Waals surface area contributed by atoms with Gasteiger partial charge in [0.25, 0.3) is 0 Å². The Morgan fingerprint density at radius 1 is 1.38 bits per heavy atom. The number of hydrogen-bond acceptors (Lipinski definition) is 2. The zero-order valence-corrected chi connectivity index (χ0v) is 10.7. The molecule has 1 atom stereocenters. The molecule has 0 spiro atoms. The van der Waals surface area contributed by atoms with E-state index in [1.165, 1.54) is 7.05 Å². The lowest BCUT2D eigenvalue weighted by molar-refractivity contribution is -0.909. The number of nitrogens with zero attached hydrogens (tertiary/aromatic N) is 1. The molecule has 1 aliphatic carbocycles. The average Bonchev–Trinajstić information content (AvgIpc) is 2.46. The normalized spacial score (nSPS) is 24.1. The van der Waals surface area contributed by atoms with Crippen LogP contribution in [0.1, 0.15) is 46.5 Å². The highest BCUT2D eigenvalue weighted by molar-refractivity contribution is 5.77. The van der Waals surface area contributed by atoms with Gasteiger partial charge in [-0.1, -0.05) is 20.8 Å². The number of quaternary nitrogens is 1. The molecule has 0 amide bonds. The highest BCUT2D eigenvalue weighted by atomic mass is 16.6. The molecule has 1 fully saturated rings. The molecule has 0 aromatic rings. The van der Waals surface area contributed by atoms with E-state index in [2.05, 4.69) is 0 Å². The van der Waals surface area contributed by atoms with E-state index in [-0.39, 0.29) is 5.41 Å². The molecule has 1 rings (SSSR count). The van der Waals surface area contributed by atoms with Crippen molar-refractivity contribution < 1.29 is 14.5 Å². The highest BCUT2D eigenvalue weighted by Crippen LogP contribution is 2.41. The van der Waals surface area contributed by atoms with Crippen molar-refractivity contribution >= 4 is 5.97 Å². The maximum Gasteiger partial charge on any atom is 0.366 e. The van der Waals surface area contributed by atoms with Crippen molar-refractivity contribution in [1.29, 1.82) is 0 Å². The molecule has 0 bridgehead atoms. The van der Waals surface area contributed by atoms with Gasteiger partial charge in [-0.15, -0.1) is 0 Å². The van der Waals surface area contributed by atoms with Gasteiger partial charge in [0.1, 0.15) is 0 Å². The van der Waals surface area contributed by atoms with Gasteiger partial charge in [-0.3, -0.25) is 0 Å². The quantitative estimate of drug-likeness (QED) is 0.597. The number of rotatable bonds is 3. The number of aliphatic carboxylic acids is 1. The minimum atomic E-state index is -1.10. The summed E-state index contributed by atoms with van der Waals surface area (Å²) in [6.45, 7) is 6.28. The van der Waals surface area contributed by atoms with Crippen molar-refractivity contribution in [2.45, 2.75) is 52.0 Å². The van der Waals surface area contributed by atoms with Crippen molar-refractivity contribution in [2.75, 3.05) is 13.6 Å². The van der Waals surface area contributed by atoms with Crippen LogP contribution in [-0.2, 0) is 4.79 Å². The molecule has 0 heterocycles. The number of carboxylic acids is 1. The van der Waals surface area contributed by atoms with Crippen LogP contribution in [0.15, 0.2) is 0 Å². The van der Waals surface area contributed by atoms with Crippen molar-refractivity contribution in [3.8, 4) is 0 Å². The van der Waals surface area contributed by atoms with E-state index < -0.39 is 16.2 Å². The number of carboxylic acid groups (broad SMARTS) is 1. The Hall–Kier alpha value is -0.610. The molecule has 1 unspecified atom stereocenters. The fourth-order valence-electron chi connectivity index (χ4n) is 2.91. The van der Waals surface area contributed by atoms with Crippen molar-refractivity contribution in [3.05, 3.63) is 5.21 Å². The number of hydrogen-bond donors (Lipinski definition) is 1. The summed E-state index contributed by atoms with van der Waals surface area (Å²) in [5.41, 5.74) is -1.26. The predicted molar refractivity (Wildman–Crippen MR) is 62.7 cm³/mol. The zero-order valence-electron chi connectivity index (χ0n) is 10.7. The Bertz CT molecular complexity index is 272.